The van der Waals surface area contributed by atoms with E-state index in [-0.39, 0.29) is 0 Å². The maximum Gasteiger partial charge on any atom is 0.191 e. The van der Waals surface area contributed by atoms with Crippen LogP contribution in [0.2, 0.25) is 0 Å². The van der Waals surface area contributed by atoms with E-state index >= 15 is 0 Å². The molecule has 2 N–H and O–H groups in total. The van der Waals surface area contributed by atoms with Crippen LogP contribution in [0.15, 0.2) is 47.6 Å². The van der Waals surface area contributed by atoms with Crippen LogP contribution in [-0.2, 0) is 13.0 Å². The Hall–Kier alpha value is -2.76. The Morgan fingerprint density at radius 2 is 1.92 bits per heavy atom. The van der Waals surface area contributed by atoms with Crippen molar-refractivity contribution in [2.24, 2.45) is 4.99 Å². The fourth-order valence-electron chi connectivity index (χ4n) is 2.49. The van der Waals surface area contributed by atoms with E-state index in [4.69, 9.17) is 4.74 Å². The van der Waals surface area contributed by atoms with Crippen LogP contribution < -0.4 is 20.3 Å². The van der Waals surface area contributed by atoms with Crippen LogP contribution in [-0.4, -0.2) is 45.7 Å². The summed E-state index contributed by atoms with van der Waals surface area (Å²) in [6.45, 7) is 1.48. The Balaban J connectivity index is 1.83. The van der Waals surface area contributed by atoms with Crippen molar-refractivity contribution in [1.29, 1.82) is 0 Å². The van der Waals surface area contributed by atoms with Crippen molar-refractivity contribution >= 4 is 11.8 Å². The second-order valence-electron chi connectivity index (χ2n) is 5.83. The van der Waals surface area contributed by atoms with E-state index in [9.17, 15) is 0 Å². The maximum absolute atomic E-state index is 5.18. The van der Waals surface area contributed by atoms with Crippen molar-refractivity contribution < 1.29 is 4.74 Å². The molecule has 2 aromatic rings. The molecule has 1 heterocycles. The van der Waals surface area contributed by atoms with Crippen LogP contribution in [0.4, 0.5) is 5.82 Å². The first kappa shape index (κ1) is 18.6. The van der Waals surface area contributed by atoms with Gasteiger partial charge in [-0.25, -0.2) is 4.98 Å². The summed E-state index contributed by atoms with van der Waals surface area (Å²) in [6.07, 6.45) is 2.72. The number of anilines is 1. The summed E-state index contributed by atoms with van der Waals surface area (Å²) < 4.78 is 5.18. The number of aliphatic imine (C=N–C) groups is 1. The molecule has 1 aromatic carbocycles. The summed E-state index contributed by atoms with van der Waals surface area (Å²) in [6, 6.07) is 12.1. The van der Waals surface area contributed by atoms with Crippen molar-refractivity contribution in [1.82, 2.24) is 15.6 Å². The molecule has 0 atom stereocenters. The van der Waals surface area contributed by atoms with E-state index in [2.05, 4.69) is 38.8 Å². The smallest absolute Gasteiger partial charge is 0.191 e. The zero-order valence-electron chi connectivity index (χ0n) is 15.4. The highest BCUT2D eigenvalue weighted by molar-refractivity contribution is 5.79. The number of nitrogens with one attached hydrogen (secondary N) is 2. The number of benzene rings is 1. The molecular weight excluding hydrogens is 314 g/mol. The monoisotopic (exact) mass is 341 g/mol. The minimum absolute atomic E-state index is 0.670. The lowest BCUT2D eigenvalue weighted by molar-refractivity contribution is 0.414. The first-order valence-corrected chi connectivity index (χ1v) is 8.32. The normalized spacial score (nSPS) is 11.1. The molecule has 134 valence electrons. The molecule has 0 aliphatic rings. The number of hydrogen-bond donors (Lipinski definition) is 2. The Kier molecular flexibility index (Phi) is 7.07. The topological polar surface area (TPSA) is 61.8 Å². The molecule has 6 nitrogen and oxygen atoms in total. The molecule has 0 amide bonds. The molecular formula is C19H27N5O. The predicted molar refractivity (Wildman–Crippen MR) is 103 cm³/mol. The molecule has 0 saturated carbocycles. The minimum atomic E-state index is 0.670. The fourth-order valence-corrected chi connectivity index (χ4v) is 2.49. The second kappa shape index (κ2) is 9.52. The zero-order chi connectivity index (χ0) is 18.1. The van der Waals surface area contributed by atoms with Crippen molar-refractivity contribution in [3.8, 4) is 5.75 Å². The number of aromatic nitrogens is 1. The molecule has 2 rings (SSSR count). The Labute approximate surface area is 149 Å². The molecule has 0 spiro atoms. The van der Waals surface area contributed by atoms with Gasteiger partial charge in [0.05, 0.1) is 7.11 Å². The summed E-state index contributed by atoms with van der Waals surface area (Å²) in [5.41, 5.74) is 2.39. The summed E-state index contributed by atoms with van der Waals surface area (Å²) >= 11 is 0. The lowest BCUT2D eigenvalue weighted by Crippen LogP contribution is -2.38. The number of ether oxygens (including phenoxy) is 1. The first-order valence-electron chi connectivity index (χ1n) is 8.32. The van der Waals surface area contributed by atoms with E-state index in [1.807, 2.05) is 37.2 Å². The molecule has 0 aliphatic heterocycles. The number of guanidine groups is 1. The average Bonchev–Trinajstić information content (AvgIpc) is 2.65. The number of hydrogen-bond acceptors (Lipinski definition) is 4. The summed E-state index contributed by atoms with van der Waals surface area (Å²) in [5.74, 6) is 2.62. The van der Waals surface area contributed by atoms with Gasteiger partial charge >= 0.3 is 0 Å². The van der Waals surface area contributed by atoms with Gasteiger partial charge in [-0.2, -0.15) is 0 Å². The largest absolute Gasteiger partial charge is 0.497 e. The van der Waals surface area contributed by atoms with Crippen LogP contribution in [0.25, 0.3) is 0 Å². The molecule has 6 heteroatoms. The van der Waals surface area contributed by atoms with Gasteiger partial charge in [-0.1, -0.05) is 18.2 Å². The zero-order valence-corrected chi connectivity index (χ0v) is 15.4. The lowest BCUT2D eigenvalue weighted by atomic mass is 10.1. The third-order valence-electron chi connectivity index (χ3n) is 3.83. The summed E-state index contributed by atoms with van der Waals surface area (Å²) in [7, 11) is 7.44. The van der Waals surface area contributed by atoms with Gasteiger partial charge in [-0.05, 0) is 30.2 Å². The SMILES string of the molecule is CN=C(NCCc1ccc(OC)cc1)NCc1cccnc1N(C)C. The number of nitrogens with zero attached hydrogens (tertiary/aromatic N) is 3. The second-order valence-corrected chi connectivity index (χ2v) is 5.83. The van der Waals surface area contributed by atoms with Crippen LogP contribution in [0, 0.1) is 0 Å². The third kappa shape index (κ3) is 5.67. The highest BCUT2D eigenvalue weighted by Gasteiger charge is 2.06. The Morgan fingerprint density at radius 1 is 1.16 bits per heavy atom. The molecule has 0 unspecified atom stereocenters. The molecule has 0 saturated heterocycles. The van der Waals surface area contributed by atoms with Crippen molar-refractivity contribution in [3.05, 3.63) is 53.7 Å². The van der Waals surface area contributed by atoms with Gasteiger partial charge in [-0.15, -0.1) is 0 Å². The van der Waals surface area contributed by atoms with Crippen molar-refractivity contribution in [2.45, 2.75) is 13.0 Å². The Bertz CT molecular complexity index is 682. The van der Waals surface area contributed by atoms with E-state index < -0.39 is 0 Å². The number of rotatable bonds is 7. The number of pyridine rings is 1. The van der Waals surface area contributed by atoms with E-state index in [1.54, 1.807) is 20.4 Å². The van der Waals surface area contributed by atoms with Crippen LogP contribution in [0.5, 0.6) is 5.75 Å². The van der Waals surface area contributed by atoms with E-state index in [0.717, 1.165) is 36.1 Å². The van der Waals surface area contributed by atoms with Crippen LogP contribution >= 0.6 is 0 Å². The van der Waals surface area contributed by atoms with Crippen LogP contribution in [0.3, 0.4) is 0 Å². The standard InChI is InChI=1S/C19H27N5O/c1-20-19(22-13-11-15-7-9-17(25-4)10-8-15)23-14-16-6-5-12-21-18(16)24(2)3/h5-10,12H,11,13-14H2,1-4H3,(H2,20,22,23). The summed E-state index contributed by atoms with van der Waals surface area (Å²) in [4.78, 5) is 10.7. The van der Waals surface area contributed by atoms with Gasteiger partial charge in [0.2, 0.25) is 0 Å². The lowest BCUT2D eigenvalue weighted by Gasteiger charge is -2.17. The molecule has 0 aliphatic carbocycles. The van der Waals surface area contributed by atoms with Crippen molar-refractivity contribution in [3.63, 3.8) is 0 Å². The fraction of sp³-hybridized carbons (Fsp3) is 0.368. The van der Waals surface area contributed by atoms with Crippen LogP contribution in [0.1, 0.15) is 11.1 Å². The molecule has 0 bridgehead atoms. The first-order chi connectivity index (χ1) is 12.1. The van der Waals surface area contributed by atoms with Gasteiger partial charge in [-0.3, -0.25) is 4.99 Å². The van der Waals surface area contributed by atoms with Gasteiger partial charge in [0, 0.05) is 46.0 Å². The van der Waals surface area contributed by atoms with Gasteiger partial charge in [0.1, 0.15) is 11.6 Å². The molecule has 25 heavy (non-hydrogen) atoms. The summed E-state index contributed by atoms with van der Waals surface area (Å²) in [5, 5.41) is 6.68. The van der Waals surface area contributed by atoms with Gasteiger partial charge in [0.15, 0.2) is 5.96 Å². The molecule has 0 fully saturated rings. The third-order valence-corrected chi connectivity index (χ3v) is 3.83. The van der Waals surface area contributed by atoms with E-state index in [1.165, 1.54) is 5.56 Å². The van der Waals surface area contributed by atoms with Gasteiger partial charge < -0.3 is 20.3 Å². The molecule has 0 radical (unpaired) electrons. The maximum atomic E-state index is 5.18. The quantitative estimate of drug-likeness (QED) is 0.596. The highest BCUT2D eigenvalue weighted by atomic mass is 16.5. The van der Waals surface area contributed by atoms with E-state index in [0.29, 0.717) is 6.54 Å². The highest BCUT2D eigenvalue weighted by Crippen LogP contribution is 2.14. The predicted octanol–water partition coefficient (Wildman–Crippen LogP) is 2.06. The minimum Gasteiger partial charge on any atom is -0.497 e. The molecule has 1 aromatic heterocycles. The van der Waals surface area contributed by atoms with Crippen molar-refractivity contribution in [2.75, 3.05) is 39.7 Å². The Morgan fingerprint density at radius 3 is 2.56 bits per heavy atom. The van der Waals surface area contributed by atoms with Gasteiger partial charge in [0.25, 0.3) is 0 Å². The average molecular weight is 341 g/mol. The number of methoxy groups -OCH3 is 1.